The van der Waals surface area contributed by atoms with Crippen molar-refractivity contribution in [1.29, 1.82) is 0 Å². The fraction of sp³-hybridized carbons (Fsp3) is 0.316. The molecule has 2 aromatic heterocycles. The molecule has 3 aromatic rings. The van der Waals surface area contributed by atoms with E-state index in [4.69, 9.17) is 4.74 Å². The number of benzene rings is 1. The van der Waals surface area contributed by atoms with Crippen LogP contribution < -0.4 is 5.32 Å². The molecule has 6 heteroatoms. The quantitative estimate of drug-likeness (QED) is 0.784. The van der Waals surface area contributed by atoms with E-state index in [-0.39, 0.29) is 5.54 Å². The number of alkyl carbamates (subject to hydrolysis) is 1. The van der Waals surface area contributed by atoms with Gasteiger partial charge in [0.25, 0.3) is 0 Å². The van der Waals surface area contributed by atoms with Crippen molar-refractivity contribution in [2.75, 3.05) is 0 Å². The molecule has 0 aliphatic rings. The van der Waals surface area contributed by atoms with Gasteiger partial charge in [0.1, 0.15) is 6.10 Å². The van der Waals surface area contributed by atoms with Gasteiger partial charge in [0.05, 0.1) is 5.69 Å². The predicted molar refractivity (Wildman–Crippen MR) is 96.2 cm³/mol. The van der Waals surface area contributed by atoms with Crippen molar-refractivity contribution < 1.29 is 9.53 Å². The number of carbonyl (C=O) groups is 1. The van der Waals surface area contributed by atoms with Crippen LogP contribution in [0.15, 0.2) is 48.8 Å². The Balaban J connectivity index is 1.97. The molecule has 0 radical (unpaired) electrons. The molecule has 6 nitrogen and oxygen atoms in total. The molecule has 3 rings (SSSR count). The van der Waals surface area contributed by atoms with Crippen molar-refractivity contribution in [2.24, 2.45) is 0 Å². The summed E-state index contributed by atoms with van der Waals surface area (Å²) in [6, 6.07) is 11.7. The first-order valence-electron chi connectivity index (χ1n) is 8.22. The highest BCUT2D eigenvalue weighted by atomic mass is 16.6. The Morgan fingerprint density at radius 2 is 1.96 bits per heavy atom. The number of aromatic nitrogens is 3. The lowest BCUT2D eigenvalue weighted by Gasteiger charge is -2.23. The molecule has 1 amide bonds. The number of rotatable bonds is 3. The molecule has 0 fully saturated rings. The molecule has 0 aliphatic carbocycles. The van der Waals surface area contributed by atoms with Gasteiger partial charge in [-0.25, -0.2) is 14.3 Å². The van der Waals surface area contributed by atoms with E-state index in [0.717, 1.165) is 16.8 Å². The Morgan fingerprint density at radius 3 is 2.64 bits per heavy atom. The topological polar surface area (TPSA) is 68.5 Å². The minimum atomic E-state index is -0.466. The lowest BCUT2D eigenvalue weighted by Crippen LogP contribution is -2.41. The van der Waals surface area contributed by atoms with Crippen LogP contribution in [-0.4, -0.2) is 26.2 Å². The summed E-state index contributed by atoms with van der Waals surface area (Å²) in [7, 11) is 0. The first-order chi connectivity index (χ1) is 11.8. The summed E-state index contributed by atoms with van der Waals surface area (Å²) < 4.78 is 7.29. The van der Waals surface area contributed by atoms with Gasteiger partial charge >= 0.3 is 6.09 Å². The first-order valence-corrected chi connectivity index (χ1v) is 8.22. The van der Waals surface area contributed by atoms with Crippen LogP contribution in [0.5, 0.6) is 0 Å². The van der Waals surface area contributed by atoms with Crippen LogP contribution in [-0.2, 0) is 4.74 Å². The summed E-state index contributed by atoms with van der Waals surface area (Å²) in [5.41, 5.74) is 2.89. The third kappa shape index (κ3) is 3.96. The molecule has 0 spiro atoms. The molecule has 0 bridgehead atoms. The molecule has 130 valence electrons. The second-order valence-corrected chi connectivity index (χ2v) is 6.97. The van der Waals surface area contributed by atoms with Crippen LogP contribution in [0.3, 0.4) is 0 Å². The number of imidazole rings is 1. The third-order valence-corrected chi connectivity index (χ3v) is 3.66. The lowest BCUT2D eigenvalue weighted by molar-refractivity contribution is 0.100. The maximum Gasteiger partial charge on any atom is 0.408 e. The van der Waals surface area contributed by atoms with Gasteiger partial charge in [-0.05, 0) is 33.8 Å². The van der Waals surface area contributed by atoms with Crippen LogP contribution in [0, 0.1) is 0 Å². The summed E-state index contributed by atoms with van der Waals surface area (Å²) in [6.45, 7) is 7.57. The smallest absolute Gasteiger partial charge is 0.408 e. The third-order valence-electron chi connectivity index (χ3n) is 3.66. The molecule has 25 heavy (non-hydrogen) atoms. The average Bonchev–Trinajstić information content (AvgIpc) is 3.00. The normalized spacial score (nSPS) is 12.8. The highest BCUT2D eigenvalue weighted by Gasteiger charge is 2.21. The zero-order valence-electron chi connectivity index (χ0n) is 14.9. The van der Waals surface area contributed by atoms with Gasteiger partial charge in [0.2, 0.25) is 0 Å². The number of nitrogens with one attached hydrogen (secondary N) is 1. The van der Waals surface area contributed by atoms with Gasteiger partial charge in [-0.1, -0.05) is 30.3 Å². The molecule has 1 unspecified atom stereocenters. The van der Waals surface area contributed by atoms with Gasteiger partial charge in [-0.2, -0.15) is 5.10 Å². The van der Waals surface area contributed by atoms with E-state index in [1.165, 1.54) is 0 Å². The van der Waals surface area contributed by atoms with Gasteiger partial charge in [0, 0.05) is 29.1 Å². The van der Waals surface area contributed by atoms with Crippen LogP contribution in [0.1, 0.15) is 39.4 Å². The Labute approximate surface area is 146 Å². The van der Waals surface area contributed by atoms with Crippen molar-refractivity contribution in [3.05, 3.63) is 54.4 Å². The standard InChI is InChI=1S/C19H22N4O2/c1-13(25-18(24)21-19(2,3)4)15-12-16-20-10-11-23(16)22-17(15)14-8-6-5-7-9-14/h5-13H,1-4H3,(H,21,24). The van der Waals surface area contributed by atoms with E-state index in [1.807, 2.05) is 64.1 Å². The Hall–Kier alpha value is -2.89. The zero-order valence-corrected chi connectivity index (χ0v) is 14.9. The van der Waals surface area contributed by atoms with Crippen molar-refractivity contribution in [1.82, 2.24) is 19.9 Å². The van der Waals surface area contributed by atoms with E-state index in [9.17, 15) is 4.79 Å². The number of nitrogens with zero attached hydrogens (tertiary/aromatic N) is 3. The summed E-state index contributed by atoms with van der Waals surface area (Å²) in [4.78, 5) is 16.4. The second-order valence-electron chi connectivity index (χ2n) is 6.97. The van der Waals surface area contributed by atoms with Gasteiger partial charge in [-0.3, -0.25) is 0 Å². The molecular weight excluding hydrogens is 316 g/mol. The first kappa shape index (κ1) is 17.0. The van der Waals surface area contributed by atoms with E-state index in [2.05, 4.69) is 15.4 Å². The minimum Gasteiger partial charge on any atom is -0.442 e. The fourth-order valence-corrected chi connectivity index (χ4v) is 2.56. The monoisotopic (exact) mass is 338 g/mol. The maximum atomic E-state index is 12.1. The van der Waals surface area contributed by atoms with Crippen molar-refractivity contribution in [2.45, 2.75) is 39.3 Å². The summed E-state index contributed by atoms with van der Waals surface area (Å²) in [5, 5.41) is 7.46. The number of fused-ring (bicyclic) bond motifs is 1. The summed E-state index contributed by atoms with van der Waals surface area (Å²) in [5.74, 6) is 0. The number of ether oxygens (including phenoxy) is 1. The highest BCUT2D eigenvalue weighted by molar-refractivity contribution is 5.70. The van der Waals surface area contributed by atoms with Crippen molar-refractivity contribution in [3.63, 3.8) is 0 Å². The van der Waals surface area contributed by atoms with Crippen LogP contribution in [0.25, 0.3) is 16.9 Å². The van der Waals surface area contributed by atoms with Gasteiger partial charge < -0.3 is 10.1 Å². The highest BCUT2D eigenvalue weighted by Crippen LogP contribution is 2.29. The molecule has 0 saturated heterocycles. The average molecular weight is 338 g/mol. The lowest BCUT2D eigenvalue weighted by atomic mass is 10.0. The number of hydrogen-bond donors (Lipinski definition) is 1. The zero-order chi connectivity index (χ0) is 18.0. The minimum absolute atomic E-state index is 0.357. The van der Waals surface area contributed by atoms with Crippen molar-refractivity contribution >= 4 is 11.7 Å². The van der Waals surface area contributed by atoms with Crippen molar-refractivity contribution in [3.8, 4) is 11.3 Å². The Bertz CT molecular complexity index is 881. The van der Waals surface area contributed by atoms with Crippen LogP contribution in [0.4, 0.5) is 4.79 Å². The fourth-order valence-electron chi connectivity index (χ4n) is 2.56. The molecule has 0 saturated carbocycles. The van der Waals surface area contributed by atoms with Gasteiger partial charge in [-0.15, -0.1) is 0 Å². The van der Waals surface area contributed by atoms with Gasteiger partial charge in [0.15, 0.2) is 5.65 Å². The number of hydrogen-bond acceptors (Lipinski definition) is 4. The Kier molecular flexibility index (Phi) is 4.44. The molecule has 1 atom stereocenters. The number of amides is 1. The van der Waals surface area contributed by atoms with Crippen LogP contribution in [0.2, 0.25) is 0 Å². The molecule has 0 aliphatic heterocycles. The van der Waals surface area contributed by atoms with E-state index >= 15 is 0 Å². The SMILES string of the molecule is CC(OC(=O)NC(C)(C)C)c1cc2nccn2nc1-c1ccccc1. The second kappa shape index (κ2) is 6.55. The molecule has 1 N–H and O–H groups in total. The largest absolute Gasteiger partial charge is 0.442 e. The Morgan fingerprint density at radius 1 is 1.24 bits per heavy atom. The number of carbonyl (C=O) groups excluding carboxylic acids is 1. The summed E-state index contributed by atoms with van der Waals surface area (Å²) in [6.07, 6.45) is 2.57. The maximum absolute atomic E-state index is 12.1. The predicted octanol–water partition coefficient (Wildman–Crippen LogP) is 3.98. The van der Waals surface area contributed by atoms with E-state index in [0.29, 0.717) is 5.65 Å². The molecule has 1 aromatic carbocycles. The molecule has 2 heterocycles. The van der Waals surface area contributed by atoms with E-state index in [1.54, 1.807) is 16.9 Å². The molecular formula is C19H22N4O2. The summed E-state index contributed by atoms with van der Waals surface area (Å²) >= 11 is 0. The van der Waals surface area contributed by atoms with E-state index < -0.39 is 12.2 Å². The van der Waals surface area contributed by atoms with Crippen LogP contribution >= 0.6 is 0 Å².